The number of fused-ring (bicyclic) bond motifs is 1. The minimum Gasteiger partial charge on any atom is -0.462 e. The number of aryl methyl sites for hydroxylation is 2. The fraction of sp³-hybridized carbons (Fsp3) is 0.381. The molecule has 3 aromatic rings. The van der Waals surface area contributed by atoms with E-state index in [-0.39, 0.29) is 11.8 Å². The first kappa shape index (κ1) is 19.6. The van der Waals surface area contributed by atoms with Crippen LogP contribution in [-0.2, 0) is 4.74 Å². The van der Waals surface area contributed by atoms with E-state index in [0.717, 1.165) is 53.5 Å². The lowest BCUT2D eigenvalue weighted by Crippen LogP contribution is -2.47. The zero-order valence-corrected chi connectivity index (χ0v) is 17.6. The zero-order valence-electron chi connectivity index (χ0n) is 16.7. The Morgan fingerprint density at radius 2 is 1.76 bits per heavy atom. The predicted molar refractivity (Wildman–Crippen MR) is 114 cm³/mol. The van der Waals surface area contributed by atoms with Gasteiger partial charge in [0, 0.05) is 31.9 Å². The molecule has 0 spiro atoms. The lowest BCUT2D eigenvalue weighted by Gasteiger charge is -2.37. The summed E-state index contributed by atoms with van der Waals surface area (Å²) < 4.78 is 18.4. The number of nitrogens with zero attached hydrogens (tertiary/aromatic N) is 4. The van der Waals surface area contributed by atoms with Crippen molar-refractivity contribution in [3.63, 3.8) is 0 Å². The van der Waals surface area contributed by atoms with Crippen molar-refractivity contribution in [2.75, 3.05) is 42.6 Å². The Hall–Kier alpha value is -2.74. The van der Waals surface area contributed by atoms with E-state index in [1.54, 1.807) is 6.92 Å². The molecule has 29 heavy (non-hydrogen) atoms. The molecule has 0 amide bonds. The highest BCUT2D eigenvalue weighted by Gasteiger charge is 2.25. The second-order valence-corrected chi connectivity index (χ2v) is 8.00. The topological polar surface area (TPSA) is 58.6 Å². The smallest absolute Gasteiger partial charge is 0.348 e. The van der Waals surface area contributed by atoms with Crippen molar-refractivity contribution in [1.29, 1.82) is 0 Å². The maximum Gasteiger partial charge on any atom is 0.348 e. The second-order valence-electron chi connectivity index (χ2n) is 7.00. The normalized spacial score (nSPS) is 14.5. The minimum absolute atomic E-state index is 0.225. The number of aromatic nitrogens is 2. The summed E-state index contributed by atoms with van der Waals surface area (Å²) in [5.41, 5.74) is 1.89. The zero-order chi connectivity index (χ0) is 20.5. The summed E-state index contributed by atoms with van der Waals surface area (Å²) >= 11 is 1.36. The maximum atomic E-state index is 13.2. The number of rotatable bonds is 4. The highest BCUT2D eigenvalue weighted by atomic mass is 32.1. The molecule has 8 heteroatoms. The lowest BCUT2D eigenvalue weighted by atomic mass is 10.1. The van der Waals surface area contributed by atoms with Crippen molar-refractivity contribution in [1.82, 2.24) is 9.97 Å². The van der Waals surface area contributed by atoms with Gasteiger partial charge >= 0.3 is 5.97 Å². The number of hydrogen-bond acceptors (Lipinski definition) is 7. The van der Waals surface area contributed by atoms with E-state index in [9.17, 15) is 9.18 Å². The van der Waals surface area contributed by atoms with E-state index >= 15 is 0 Å². The minimum atomic E-state index is -0.308. The number of esters is 1. The van der Waals surface area contributed by atoms with Crippen molar-refractivity contribution >= 4 is 39.0 Å². The number of ether oxygens (including phenoxy) is 1. The molecule has 1 aliphatic heterocycles. The van der Waals surface area contributed by atoms with E-state index in [1.165, 1.54) is 23.5 Å². The van der Waals surface area contributed by atoms with Crippen LogP contribution in [0, 0.1) is 19.7 Å². The molecule has 2 aromatic heterocycles. The molecule has 152 valence electrons. The summed E-state index contributed by atoms with van der Waals surface area (Å²) in [5.74, 6) is 1.02. The van der Waals surface area contributed by atoms with Crippen molar-refractivity contribution in [2.24, 2.45) is 0 Å². The Balaban J connectivity index is 1.62. The van der Waals surface area contributed by atoms with E-state index in [1.807, 2.05) is 26.0 Å². The maximum absolute atomic E-state index is 13.2. The van der Waals surface area contributed by atoms with Gasteiger partial charge in [0.25, 0.3) is 0 Å². The first-order valence-electron chi connectivity index (χ1n) is 9.68. The fourth-order valence-corrected chi connectivity index (χ4v) is 4.78. The molecule has 4 rings (SSSR count). The van der Waals surface area contributed by atoms with Crippen LogP contribution in [0.1, 0.15) is 28.0 Å². The summed E-state index contributed by atoms with van der Waals surface area (Å²) in [6, 6.07) is 6.61. The van der Waals surface area contributed by atoms with Gasteiger partial charge in [-0.25, -0.2) is 19.2 Å². The molecule has 3 heterocycles. The molecule has 6 nitrogen and oxygen atoms in total. The third-order valence-electron chi connectivity index (χ3n) is 5.11. The van der Waals surface area contributed by atoms with Gasteiger partial charge in [-0.05, 0) is 50.6 Å². The number of carbonyl (C=O) groups excluding carboxylic acids is 1. The van der Waals surface area contributed by atoms with Crippen molar-refractivity contribution < 1.29 is 13.9 Å². The van der Waals surface area contributed by atoms with Crippen LogP contribution in [0.15, 0.2) is 24.3 Å². The van der Waals surface area contributed by atoms with Gasteiger partial charge in [-0.3, -0.25) is 0 Å². The number of hydrogen-bond donors (Lipinski definition) is 0. The molecule has 0 bridgehead atoms. The highest BCUT2D eigenvalue weighted by molar-refractivity contribution is 7.20. The number of thiophene rings is 1. The molecule has 1 aliphatic rings. The molecular formula is C21H23FN4O2S. The van der Waals surface area contributed by atoms with Gasteiger partial charge in [0.1, 0.15) is 27.2 Å². The summed E-state index contributed by atoms with van der Waals surface area (Å²) in [7, 11) is 0. The van der Waals surface area contributed by atoms with Gasteiger partial charge in [-0.2, -0.15) is 0 Å². The van der Waals surface area contributed by atoms with Gasteiger partial charge in [-0.15, -0.1) is 11.3 Å². The number of benzene rings is 1. The van der Waals surface area contributed by atoms with Crippen LogP contribution in [0.25, 0.3) is 10.2 Å². The molecule has 1 aromatic carbocycles. The van der Waals surface area contributed by atoms with E-state index in [2.05, 4.69) is 14.8 Å². The van der Waals surface area contributed by atoms with Crippen LogP contribution in [0.4, 0.5) is 15.9 Å². The first-order valence-corrected chi connectivity index (χ1v) is 10.5. The van der Waals surface area contributed by atoms with Gasteiger partial charge in [0.15, 0.2) is 0 Å². The molecular weight excluding hydrogens is 391 g/mol. The third kappa shape index (κ3) is 3.76. The predicted octanol–water partition coefficient (Wildman–Crippen LogP) is 3.95. The Kier molecular flexibility index (Phi) is 5.36. The van der Waals surface area contributed by atoms with Crippen molar-refractivity contribution in [3.8, 4) is 0 Å². The summed E-state index contributed by atoms with van der Waals surface area (Å²) in [4.78, 5) is 27.5. The Morgan fingerprint density at radius 3 is 2.41 bits per heavy atom. The summed E-state index contributed by atoms with van der Waals surface area (Å²) in [6.45, 7) is 9.14. The molecule has 0 unspecified atom stereocenters. The van der Waals surface area contributed by atoms with Gasteiger partial charge < -0.3 is 14.5 Å². The van der Waals surface area contributed by atoms with E-state index in [0.29, 0.717) is 17.3 Å². The van der Waals surface area contributed by atoms with Crippen LogP contribution < -0.4 is 9.80 Å². The largest absolute Gasteiger partial charge is 0.462 e. The molecule has 0 atom stereocenters. The van der Waals surface area contributed by atoms with E-state index < -0.39 is 0 Å². The van der Waals surface area contributed by atoms with Crippen LogP contribution >= 0.6 is 11.3 Å². The molecule has 1 fully saturated rings. The summed E-state index contributed by atoms with van der Waals surface area (Å²) in [5, 5.41) is 0.930. The number of carbonyl (C=O) groups is 1. The molecule has 1 saturated heterocycles. The fourth-order valence-electron chi connectivity index (χ4n) is 3.67. The Labute approximate surface area is 172 Å². The molecule has 0 saturated carbocycles. The monoisotopic (exact) mass is 414 g/mol. The van der Waals surface area contributed by atoms with Crippen LogP contribution in [0.3, 0.4) is 0 Å². The first-order chi connectivity index (χ1) is 14.0. The van der Waals surface area contributed by atoms with Crippen molar-refractivity contribution in [2.45, 2.75) is 20.8 Å². The average molecular weight is 415 g/mol. The summed E-state index contributed by atoms with van der Waals surface area (Å²) in [6.07, 6.45) is 0. The highest BCUT2D eigenvalue weighted by Crippen LogP contribution is 2.36. The van der Waals surface area contributed by atoms with Gasteiger partial charge in [0.05, 0.1) is 12.0 Å². The Morgan fingerprint density at radius 1 is 1.10 bits per heavy atom. The quantitative estimate of drug-likeness (QED) is 0.603. The second kappa shape index (κ2) is 7.94. The standard InChI is InChI=1S/C21H23FN4O2S/c1-4-28-21(27)18-13(2)17-19(23-14(3)24-20(17)29-18)26-11-9-25(10-12-26)16-7-5-15(22)6-8-16/h5-8H,4,9-12H2,1-3H3. The lowest BCUT2D eigenvalue weighted by molar-refractivity contribution is 0.0531. The average Bonchev–Trinajstić information content (AvgIpc) is 3.05. The van der Waals surface area contributed by atoms with Gasteiger partial charge in [0.2, 0.25) is 0 Å². The van der Waals surface area contributed by atoms with Crippen LogP contribution in [0.5, 0.6) is 0 Å². The number of anilines is 2. The number of piperazine rings is 1. The van der Waals surface area contributed by atoms with E-state index in [4.69, 9.17) is 9.72 Å². The molecule has 0 N–H and O–H groups in total. The molecule has 0 radical (unpaired) electrons. The SMILES string of the molecule is CCOC(=O)c1sc2nc(C)nc(N3CCN(c4ccc(F)cc4)CC3)c2c1C. The molecule has 0 aliphatic carbocycles. The van der Waals surface area contributed by atoms with Crippen LogP contribution in [-0.4, -0.2) is 48.7 Å². The van der Waals surface area contributed by atoms with Crippen molar-refractivity contribution in [3.05, 3.63) is 46.3 Å². The Bertz CT molecular complexity index is 1040. The third-order valence-corrected chi connectivity index (χ3v) is 6.28. The number of halogens is 1. The van der Waals surface area contributed by atoms with Gasteiger partial charge in [-0.1, -0.05) is 0 Å². The van der Waals surface area contributed by atoms with Crippen LogP contribution in [0.2, 0.25) is 0 Å².